The normalized spacial score (nSPS) is 20.4. The lowest BCUT2D eigenvalue weighted by atomic mass is 9.66. The average Bonchev–Trinajstić information content (AvgIpc) is 3.18. The highest BCUT2D eigenvalue weighted by Gasteiger charge is 2.52. The zero-order chi connectivity index (χ0) is 21.9. The summed E-state index contributed by atoms with van der Waals surface area (Å²) in [5.74, 6) is 1.95. The number of fused-ring (bicyclic) bond motifs is 6. The topological polar surface area (TPSA) is 32.3 Å². The standard InChI is InChI=1S/C28H30N4/c1-4-28(5-2)19(3)27-31(20-13-7-6-8-14-20)25-26(30-23-17-11-10-16-22(23)29-25)32(27)24-18-12-9-15-21(24)28/h6-9,12-15,18,27H,3-5,10-11,16-17H2,1-2H3. The Bertz CT molecular complexity index is 1200. The summed E-state index contributed by atoms with van der Waals surface area (Å²) in [6, 6.07) is 19.5. The molecule has 2 aliphatic heterocycles. The van der Waals surface area contributed by atoms with Crippen LogP contribution in [0.3, 0.4) is 0 Å². The molecule has 1 aromatic heterocycles. The van der Waals surface area contributed by atoms with E-state index in [2.05, 4.69) is 78.2 Å². The first kappa shape index (κ1) is 19.5. The molecule has 0 spiro atoms. The SMILES string of the molecule is C=C1C2N(c3ccccc3)c3nc4c(nc3N2c2ccccc2C1(CC)CC)CCCC4. The van der Waals surface area contributed by atoms with Gasteiger partial charge in [0.25, 0.3) is 0 Å². The summed E-state index contributed by atoms with van der Waals surface area (Å²) in [4.78, 5) is 15.3. The van der Waals surface area contributed by atoms with E-state index in [0.717, 1.165) is 43.0 Å². The molecule has 2 aromatic carbocycles. The van der Waals surface area contributed by atoms with E-state index in [1.54, 1.807) is 0 Å². The molecule has 1 unspecified atom stereocenters. The van der Waals surface area contributed by atoms with Crippen molar-refractivity contribution in [3.05, 3.63) is 83.7 Å². The highest BCUT2D eigenvalue weighted by molar-refractivity contribution is 5.88. The van der Waals surface area contributed by atoms with E-state index >= 15 is 0 Å². The van der Waals surface area contributed by atoms with Crippen molar-refractivity contribution in [3.63, 3.8) is 0 Å². The number of rotatable bonds is 3. The molecular formula is C28H30N4. The van der Waals surface area contributed by atoms with Crippen molar-refractivity contribution in [3.8, 4) is 0 Å². The Labute approximate surface area is 190 Å². The van der Waals surface area contributed by atoms with Gasteiger partial charge in [-0.2, -0.15) is 0 Å². The molecule has 4 heteroatoms. The van der Waals surface area contributed by atoms with E-state index in [4.69, 9.17) is 16.5 Å². The fraction of sp³-hybridized carbons (Fsp3) is 0.357. The molecule has 0 saturated carbocycles. The molecule has 162 valence electrons. The van der Waals surface area contributed by atoms with Crippen LogP contribution in [0, 0.1) is 0 Å². The largest absolute Gasteiger partial charge is 0.298 e. The van der Waals surface area contributed by atoms with Crippen molar-refractivity contribution in [2.75, 3.05) is 9.80 Å². The number of anilines is 4. The van der Waals surface area contributed by atoms with Crippen molar-refractivity contribution in [1.82, 2.24) is 9.97 Å². The van der Waals surface area contributed by atoms with E-state index in [1.807, 2.05) is 0 Å². The van der Waals surface area contributed by atoms with Crippen LogP contribution < -0.4 is 9.80 Å². The van der Waals surface area contributed by atoms with Crippen molar-refractivity contribution < 1.29 is 0 Å². The Balaban J connectivity index is 1.66. The number of aryl methyl sites for hydroxylation is 2. The Morgan fingerprint density at radius 1 is 0.844 bits per heavy atom. The van der Waals surface area contributed by atoms with Gasteiger partial charge in [0.15, 0.2) is 11.6 Å². The van der Waals surface area contributed by atoms with Crippen LogP contribution in [0.1, 0.15) is 56.5 Å². The zero-order valence-corrected chi connectivity index (χ0v) is 19.0. The third kappa shape index (κ3) is 2.49. The van der Waals surface area contributed by atoms with Gasteiger partial charge in [0.1, 0.15) is 6.17 Å². The average molecular weight is 423 g/mol. The van der Waals surface area contributed by atoms with Crippen LogP contribution in [0.4, 0.5) is 23.0 Å². The number of hydrogen-bond acceptors (Lipinski definition) is 4. The third-order valence-electron chi connectivity index (χ3n) is 7.88. The van der Waals surface area contributed by atoms with Gasteiger partial charge in [-0.25, -0.2) is 9.97 Å². The minimum Gasteiger partial charge on any atom is -0.298 e. The maximum Gasteiger partial charge on any atom is 0.179 e. The van der Waals surface area contributed by atoms with Crippen LogP contribution in [-0.4, -0.2) is 16.1 Å². The predicted molar refractivity (Wildman–Crippen MR) is 131 cm³/mol. The first-order valence-corrected chi connectivity index (χ1v) is 12.0. The van der Waals surface area contributed by atoms with E-state index in [1.165, 1.54) is 41.1 Å². The summed E-state index contributed by atoms with van der Waals surface area (Å²) in [6.07, 6.45) is 6.48. The van der Waals surface area contributed by atoms with Crippen LogP contribution in [0.25, 0.3) is 0 Å². The molecule has 3 aromatic rings. The molecule has 0 radical (unpaired) electrons. The van der Waals surface area contributed by atoms with Gasteiger partial charge in [-0.3, -0.25) is 9.80 Å². The molecule has 1 atom stereocenters. The van der Waals surface area contributed by atoms with E-state index < -0.39 is 0 Å². The Kier molecular flexibility index (Phi) is 4.39. The van der Waals surface area contributed by atoms with Crippen LogP contribution >= 0.6 is 0 Å². The van der Waals surface area contributed by atoms with Crippen LogP contribution in [-0.2, 0) is 18.3 Å². The molecule has 0 N–H and O–H groups in total. The lowest BCUT2D eigenvalue weighted by molar-refractivity contribution is 0.425. The molecule has 4 nitrogen and oxygen atoms in total. The molecule has 3 heterocycles. The molecule has 3 aliphatic rings. The Morgan fingerprint density at radius 2 is 1.44 bits per heavy atom. The lowest BCUT2D eigenvalue weighted by Crippen LogP contribution is -2.50. The molecular weight excluding hydrogens is 392 g/mol. The van der Waals surface area contributed by atoms with Crippen LogP contribution in [0.5, 0.6) is 0 Å². The highest BCUT2D eigenvalue weighted by Crippen LogP contribution is 2.58. The Hall–Kier alpha value is -3.14. The second-order valence-electron chi connectivity index (χ2n) is 9.25. The minimum atomic E-state index is -0.0630. The third-order valence-corrected chi connectivity index (χ3v) is 7.88. The molecule has 32 heavy (non-hydrogen) atoms. The summed E-state index contributed by atoms with van der Waals surface area (Å²) in [5, 5.41) is 0. The number of nitrogens with zero attached hydrogens (tertiary/aromatic N) is 4. The smallest absolute Gasteiger partial charge is 0.179 e. The predicted octanol–water partition coefficient (Wildman–Crippen LogP) is 6.60. The summed E-state index contributed by atoms with van der Waals surface area (Å²) < 4.78 is 0. The monoisotopic (exact) mass is 422 g/mol. The molecule has 6 rings (SSSR count). The lowest BCUT2D eigenvalue weighted by Gasteiger charge is -2.49. The number of benzene rings is 2. The summed E-state index contributed by atoms with van der Waals surface area (Å²) in [5.41, 5.74) is 7.29. The fourth-order valence-corrected chi connectivity index (χ4v) is 6.14. The van der Waals surface area contributed by atoms with Gasteiger partial charge in [0.2, 0.25) is 0 Å². The molecule has 1 aliphatic carbocycles. The number of aromatic nitrogens is 2. The van der Waals surface area contributed by atoms with Crippen molar-refractivity contribution in [2.24, 2.45) is 0 Å². The van der Waals surface area contributed by atoms with Gasteiger partial charge in [0, 0.05) is 16.8 Å². The molecule has 0 bridgehead atoms. The van der Waals surface area contributed by atoms with Gasteiger partial charge in [-0.05, 0) is 67.9 Å². The van der Waals surface area contributed by atoms with Crippen molar-refractivity contribution in [2.45, 2.75) is 64.0 Å². The number of hydrogen-bond donors (Lipinski definition) is 0. The second-order valence-corrected chi connectivity index (χ2v) is 9.25. The minimum absolute atomic E-state index is 0.0222. The maximum absolute atomic E-state index is 5.27. The highest BCUT2D eigenvalue weighted by atomic mass is 15.5. The van der Waals surface area contributed by atoms with Gasteiger partial charge >= 0.3 is 0 Å². The number of para-hydroxylation sites is 2. The summed E-state index contributed by atoms with van der Waals surface area (Å²) >= 11 is 0. The maximum atomic E-state index is 5.27. The molecule has 0 fully saturated rings. The van der Waals surface area contributed by atoms with Gasteiger partial charge in [0.05, 0.1) is 11.4 Å². The first-order valence-electron chi connectivity index (χ1n) is 12.0. The van der Waals surface area contributed by atoms with E-state index in [0.29, 0.717) is 0 Å². The van der Waals surface area contributed by atoms with E-state index in [9.17, 15) is 0 Å². The fourth-order valence-electron chi connectivity index (χ4n) is 6.14. The Morgan fingerprint density at radius 3 is 2.09 bits per heavy atom. The summed E-state index contributed by atoms with van der Waals surface area (Å²) in [7, 11) is 0. The summed E-state index contributed by atoms with van der Waals surface area (Å²) in [6.45, 7) is 9.36. The van der Waals surface area contributed by atoms with Gasteiger partial charge < -0.3 is 0 Å². The van der Waals surface area contributed by atoms with Crippen molar-refractivity contribution in [1.29, 1.82) is 0 Å². The zero-order valence-electron chi connectivity index (χ0n) is 19.0. The van der Waals surface area contributed by atoms with Crippen molar-refractivity contribution >= 4 is 23.0 Å². The van der Waals surface area contributed by atoms with Gasteiger partial charge in [-0.1, -0.05) is 56.8 Å². The molecule has 0 saturated heterocycles. The van der Waals surface area contributed by atoms with Gasteiger partial charge in [-0.15, -0.1) is 0 Å². The first-order chi connectivity index (χ1) is 15.7. The quantitative estimate of drug-likeness (QED) is 0.445. The molecule has 0 amide bonds. The van der Waals surface area contributed by atoms with E-state index in [-0.39, 0.29) is 11.6 Å². The second kappa shape index (κ2) is 7.19. The van der Waals surface area contributed by atoms with Crippen LogP contribution in [0.2, 0.25) is 0 Å². The van der Waals surface area contributed by atoms with Crippen LogP contribution in [0.15, 0.2) is 66.7 Å².